The highest BCUT2D eigenvalue weighted by molar-refractivity contribution is 6.46. The minimum absolute atomic E-state index is 0.0502. The van der Waals surface area contributed by atoms with E-state index >= 15 is 0 Å². The van der Waals surface area contributed by atoms with Crippen molar-refractivity contribution in [3.05, 3.63) is 59.2 Å². The lowest BCUT2D eigenvalue weighted by atomic mass is 9.95. The molecule has 1 heterocycles. The SMILES string of the molecule is CCCCOc1ccc(C2/C(=C(\O)c3cccc(OCCC)c3)C(=O)C(=O)N2CCCN(C)C)cc1OC. The summed E-state index contributed by atoms with van der Waals surface area (Å²) in [5, 5.41) is 11.4. The maximum Gasteiger partial charge on any atom is 0.295 e. The number of nitrogens with zero attached hydrogens (tertiary/aromatic N) is 2. The van der Waals surface area contributed by atoms with Gasteiger partial charge in [0.05, 0.1) is 31.9 Å². The van der Waals surface area contributed by atoms with Crippen molar-refractivity contribution in [2.24, 2.45) is 0 Å². The average molecular weight is 525 g/mol. The Bertz CT molecular complexity index is 1140. The quantitative estimate of drug-likeness (QED) is 0.160. The number of hydrogen-bond donors (Lipinski definition) is 1. The fourth-order valence-corrected chi connectivity index (χ4v) is 4.42. The molecule has 0 saturated carbocycles. The molecule has 1 saturated heterocycles. The predicted octanol–water partition coefficient (Wildman–Crippen LogP) is 5.04. The standard InChI is InChI=1S/C30H40N2O6/c1-6-8-18-38-24-14-13-21(20-25(24)36-5)27-26(29(34)30(35)32(27)16-10-15-31(3)4)28(33)22-11-9-12-23(19-22)37-17-7-2/h9,11-14,19-20,27,33H,6-8,10,15-18H2,1-5H3/b28-26+. The molecule has 0 radical (unpaired) electrons. The highest BCUT2D eigenvalue weighted by Gasteiger charge is 2.46. The third kappa shape index (κ3) is 6.86. The second-order valence-corrected chi connectivity index (χ2v) is 9.64. The Kier molecular flexibility index (Phi) is 10.6. The molecule has 38 heavy (non-hydrogen) atoms. The van der Waals surface area contributed by atoms with E-state index in [0.29, 0.717) is 54.6 Å². The molecule has 1 fully saturated rings. The van der Waals surface area contributed by atoms with E-state index in [9.17, 15) is 14.7 Å². The van der Waals surface area contributed by atoms with Gasteiger partial charge in [-0.3, -0.25) is 9.59 Å². The Morgan fingerprint density at radius 2 is 1.76 bits per heavy atom. The number of benzene rings is 2. The number of methoxy groups -OCH3 is 1. The molecule has 0 spiro atoms. The van der Waals surface area contributed by atoms with Crippen molar-refractivity contribution in [3.8, 4) is 17.2 Å². The van der Waals surface area contributed by atoms with Crippen LogP contribution < -0.4 is 14.2 Å². The van der Waals surface area contributed by atoms with Gasteiger partial charge >= 0.3 is 0 Å². The van der Waals surface area contributed by atoms with Gasteiger partial charge in [0.25, 0.3) is 11.7 Å². The number of carbonyl (C=O) groups excluding carboxylic acids is 2. The predicted molar refractivity (Wildman–Crippen MR) is 148 cm³/mol. The second kappa shape index (κ2) is 13.9. The van der Waals surface area contributed by atoms with Crippen molar-refractivity contribution in [1.29, 1.82) is 0 Å². The first-order valence-electron chi connectivity index (χ1n) is 13.3. The van der Waals surface area contributed by atoms with E-state index in [-0.39, 0.29) is 11.3 Å². The summed E-state index contributed by atoms with van der Waals surface area (Å²) < 4.78 is 17.2. The molecule has 0 aliphatic carbocycles. The number of ketones is 1. The first-order chi connectivity index (χ1) is 18.3. The van der Waals surface area contributed by atoms with Gasteiger partial charge in [0.1, 0.15) is 11.5 Å². The van der Waals surface area contributed by atoms with Crippen molar-refractivity contribution in [3.63, 3.8) is 0 Å². The number of likely N-dealkylation sites (tertiary alicyclic amines) is 1. The van der Waals surface area contributed by atoms with E-state index in [4.69, 9.17) is 14.2 Å². The number of ether oxygens (including phenoxy) is 3. The maximum atomic E-state index is 13.4. The summed E-state index contributed by atoms with van der Waals surface area (Å²) in [5.41, 5.74) is 1.13. The van der Waals surface area contributed by atoms with E-state index in [2.05, 4.69) is 6.92 Å². The smallest absolute Gasteiger partial charge is 0.295 e. The van der Waals surface area contributed by atoms with Crippen LogP contribution >= 0.6 is 0 Å². The van der Waals surface area contributed by atoms with Crippen LogP contribution in [0, 0.1) is 0 Å². The highest BCUT2D eigenvalue weighted by Crippen LogP contribution is 2.42. The molecule has 206 valence electrons. The summed E-state index contributed by atoms with van der Waals surface area (Å²) in [6.07, 6.45) is 3.44. The van der Waals surface area contributed by atoms with Gasteiger partial charge in [-0.2, -0.15) is 0 Å². The van der Waals surface area contributed by atoms with Crippen LogP contribution in [0.1, 0.15) is 56.7 Å². The maximum absolute atomic E-state index is 13.4. The average Bonchev–Trinajstić information content (AvgIpc) is 3.16. The van der Waals surface area contributed by atoms with E-state index in [1.54, 1.807) is 48.4 Å². The number of unbranched alkanes of at least 4 members (excludes halogenated alkanes) is 1. The summed E-state index contributed by atoms with van der Waals surface area (Å²) in [7, 11) is 5.48. The van der Waals surface area contributed by atoms with Gasteiger partial charge in [-0.25, -0.2) is 0 Å². The monoisotopic (exact) mass is 524 g/mol. The number of aliphatic hydroxyl groups excluding tert-OH is 1. The lowest BCUT2D eigenvalue weighted by Gasteiger charge is -2.26. The van der Waals surface area contributed by atoms with Gasteiger partial charge < -0.3 is 29.1 Å². The van der Waals surface area contributed by atoms with E-state index in [0.717, 1.165) is 25.8 Å². The van der Waals surface area contributed by atoms with Crippen molar-refractivity contribution in [1.82, 2.24) is 9.80 Å². The minimum atomic E-state index is -0.768. The van der Waals surface area contributed by atoms with E-state index in [1.165, 1.54) is 0 Å². The summed E-state index contributed by atoms with van der Waals surface area (Å²) in [4.78, 5) is 30.2. The van der Waals surface area contributed by atoms with Crippen LogP contribution in [0.5, 0.6) is 17.2 Å². The molecular weight excluding hydrogens is 484 g/mol. The summed E-state index contributed by atoms with van der Waals surface area (Å²) in [5.74, 6) is 0.119. The normalized spacial score (nSPS) is 16.8. The fourth-order valence-electron chi connectivity index (χ4n) is 4.42. The molecule has 0 aromatic heterocycles. The molecule has 8 heteroatoms. The molecule has 1 amide bonds. The molecule has 1 aliphatic heterocycles. The second-order valence-electron chi connectivity index (χ2n) is 9.64. The summed E-state index contributed by atoms with van der Waals surface area (Å²) >= 11 is 0. The summed E-state index contributed by atoms with van der Waals surface area (Å²) in [6.45, 7) is 6.31. The molecule has 3 rings (SSSR count). The lowest BCUT2D eigenvalue weighted by molar-refractivity contribution is -0.139. The number of amides is 1. The van der Waals surface area contributed by atoms with Gasteiger partial charge in [0.2, 0.25) is 0 Å². The Morgan fingerprint density at radius 1 is 0.974 bits per heavy atom. The number of carbonyl (C=O) groups is 2. The first-order valence-corrected chi connectivity index (χ1v) is 13.3. The van der Waals surface area contributed by atoms with E-state index in [1.807, 2.05) is 32.0 Å². The van der Waals surface area contributed by atoms with Gasteiger partial charge in [-0.1, -0.05) is 38.5 Å². The molecular formula is C30H40N2O6. The van der Waals surface area contributed by atoms with Crippen LogP contribution in [0.4, 0.5) is 0 Å². The molecule has 1 N–H and O–H groups in total. The zero-order chi connectivity index (χ0) is 27.7. The number of Topliss-reactive ketones (excluding diaryl/α,β-unsaturated/α-hetero) is 1. The fraction of sp³-hybridized carbons (Fsp3) is 0.467. The molecule has 8 nitrogen and oxygen atoms in total. The molecule has 2 aromatic carbocycles. The van der Waals surface area contributed by atoms with Crippen LogP contribution in [0.3, 0.4) is 0 Å². The lowest BCUT2D eigenvalue weighted by Crippen LogP contribution is -2.32. The Hall–Kier alpha value is -3.52. The number of hydrogen-bond acceptors (Lipinski definition) is 7. The van der Waals surface area contributed by atoms with Crippen molar-refractivity contribution < 1.29 is 28.9 Å². The first kappa shape index (κ1) is 29.0. The Labute approximate surface area is 225 Å². The van der Waals surface area contributed by atoms with Gasteiger partial charge in [0, 0.05) is 12.1 Å². The largest absolute Gasteiger partial charge is 0.507 e. The molecule has 2 aromatic rings. The highest BCUT2D eigenvalue weighted by atomic mass is 16.5. The molecule has 1 aliphatic rings. The molecule has 1 unspecified atom stereocenters. The van der Waals surface area contributed by atoms with Crippen LogP contribution in [0.2, 0.25) is 0 Å². The minimum Gasteiger partial charge on any atom is -0.507 e. The Balaban J connectivity index is 2.08. The van der Waals surface area contributed by atoms with Crippen LogP contribution in [-0.4, -0.2) is 74.1 Å². The van der Waals surface area contributed by atoms with Crippen LogP contribution in [0.25, 0.3) is 5.76 Å². The van der Waals surface area contributed by atoms with Crippen molar-refractivity contribution in [2.45, 2.75) is 45.6 Å². The molecule has 0 bridgehead atoms. The topological polar surface area (TPSA) is 88.5 Å². The molecule has 1 atom stereocenters. The van der Waals surface area contributed by atoms with Crippen LogP contribution in [0.15, 0.2) is 48.0 Å². The van der Waals surface area contributed by atoms with Crippen molar-refractivity contribution >= 4 is 17.4 Å². The zero-order valence-corrected chi connectivity index (χ0v) is 23.2. The van der Waals surface area contributed by atoms with Gasteiger partial charge in [-0.05, 0) is 69.7 Å². The number of aliphatic hydroxyl groups is 1. The van der Waals surface area contributed by atoms with E-state index < -0.39 is 17.7 Å². The zero-order valence-electron chi connectivity index (χ0n) is 23.2. The van der Waals surface area contributed by atoms with Gasteiger partial charge in [-0.15, -0.1) is 0 Å². The number of rotatable bonds is 14. The third-order valence-corrected chi connectivity index (χ3v) is 6.38. The Morgan fingerprint density at radius 3 is 2.45 bits per heavy atom. The van der Waals surface area contributed by atoms with Crippen molar-refractivity contribution in [2.75, 3.05) is 47.5 Å². The summed E-state index contributed by atoms with van der Waals surface area (Å²) in [6, 6.07) is 11.6. The third-order valence-electron chi connectivity index (χ3n) is 6.38. The van der Waals surface area contributed by atoms with Crippen LogP contribution in [-0.2, 0) is 9.59 Å². The van der Waals surface area contributed by atoms with Gasteiger partial charge in [0.15, 0.2) is 11.5 Å².